The van der Waals surface area contributed by atoms with Crippen molar-refractivity contribution in [2.75, 3.05) is 19.6 Å². The number of likely N-dealkylation sites (tertiary alicyclic amines) is 1. The molecule has 0 saturated carbocycles. The quantitative estimate of drug-likeness (QED) is 0.691. The van der Waals surface area contributed by atoms with Crippen molar-refractivity contribution in [3.8, 4) is 0 Å². The van der Waals surface area contributed by atoms with Crippen molar-refractivity contribution < 1.29 is 14.7 Å². The molecule has 0 radical (unpaired) electrons. The van der Waals surface area contributed by atoms with Crippen LogP contribution in [0.15, 0.2) is 11.6 Å². The van der Waals surface area contributed by atoms with Crippen LogP contribution in [-0.2, 0) is 9.59 Å². The van der Waals surface area contributed by atoms with Gasteiger partial charge in [-0.1, -0.05) is 5.57 Å². The molecule has 0 bridgehead atoms. The topological polar surface area (TPSA) is 69.6 Å². The highest BCUT2D eigenvalue weighted by atomic mass is 16.4. The Bertz CT molecular complexity index is 320. The number of carboxylic acid groups (broad SMARTS) is 1. The smallest absolute Gasteiger partial charge is 0.328 e. The molecule has 1 atom stereocenters. The van der Waals surface area contributed by atoms with Crippen LogP contribution in [0.5, 0.6) is 0 Å². The zero-order valence-corrected chi connectivity index (χ0v) is 10.4. The van der Waals surface area contributed by atoms with Crippen LogP contribution in [0.3, 0.4) is 0 Å². The molecule has 1 amide bonds. The lowest BCUT2D eigenvalue weighted by molar-refractivity contribution is -0.132. The Balaban J connectivity index is 2.35. The lowest BCUT2D eigenvalue weighted by Crippen LogP contribution is -2.44. The van der Waals surface area contributed by atoms with E-state index < -0.39 is 5.97 Å². The van der Waals surface area contributed by atoms with Gasteiger partial charge in [-0.25, -0.2) is 4.79 Å². The summed E-state index contributed by atoms with van der Waals surface area (Å²) in [5.74, 6) is -0.853. The van der Waals surface area contributed by atoms with Crippen molar-refractivity contribution in [1.82, 2.24) is 10.2 Å². The number of carbonyl (C=O) groups is 2. The molecule has 5 heteroatoms. The molecule has 0 spiro atoms. The zero-order valence-electron chi connectivity index (χ0n) is 10.4. The van der Waals surface area contributed by atoms with Gasteiger partial charge in [-0.15, -0.1) is 0 Å². The first-order valence-corrected chi connectivity index (χ1v) is 5.93. The first-order valence-electron chi connectivity index (χ1n) is 5.93. The number of hydrogen-bond donors (Lipinski definition) is 2. The summed E-state index contributed by atoms with van der Waals surface area (Å²) in [5.41, 5.74) is 0.707. The lowest BCUT2D eigenvalue weighted by atomic mass is 10.2. The van der Waals surface area contributed by atoms with Gasteiger partial charge in [0, 0.05) is 25.7 Å². The van der Waals surface area contributed by atoms with E-state index >= 15 is 0 Å². The van der Waals surface area contributed by atoms with Gasteiger partial charge in [0.05, 0.1) is 6.04 Å². The van der Waals surface area contributed by atoms with E-state index in [-0.39, 0.29) is 11.9 Å². The fraction of sp³-hybridized carbons (Fsp3) is 0.667. The standard InChI is InChI=1S/C12H20N2O3/c1-9(7-11(15)16)8-13-10(2)12(17)14-5-3-4-6-14/h7,10,13H,3-6,8H2,1-2H3,(H,15,16). The summed E-state index contributed by atoms with van der Waals surface area (Å²) >= 11 is 0. The Hall–Kier alpha value is -1.36. The van der Waals surface area contributed by atoms with Gasteiger partial charge < -0.3 is 15.3 Å². The van der Waals surface area contributed by atoms with Gasteiger partial charge in [-0.2, -0.15) is 0 Å². The SMILES string of the molecule is CC(=CC(=O)O)CNC(C)C(=O)N1CCCC1. The number of nitrogens with zero attached hydrogens (tertiary/aromatic N) is 1. The third-order valence-corrected chi connectivity index (χ3v) is 2.85. The highest BCUT2D eigenvalue weighted by molar-refractivity contribution is 5.82. The molecule has 0 aromatic carbocycles. The Labute approximate surface area is 101 Å². The van der Waals surface area contributed by atoms with Gasteiger partial charge in [-0.05, 0) is 26.7 Å². The molecule has 1 saturated heterocycles. The molecule has 5 nitrogen and oxygen atoms in total. The number of aliphatic carboxylic acids is 1. The molecule has 17 heavy (non-hydrogen) atoms. The molecule has 1 unspecified atom stereocenters. The van der Waals surface area contributed by atoms with Crippen LogP contribution >= 0.6 is 0 Å². The molecule has 0 aromatic rings. The summed E-state index contributed by atoms with van der Waals surface area (Å²) in [5, 5.41) is 11.6. The second kappa shape index (κ2) is 6.39. The zero-order chi connectivity index (χ0) is 12.8. The summed E-state index contributed by atoms with van der Waals surface area (Å²) in [6.07, 6.45) is 3.31. The van der Waals surface area contributed by atoms with Crippen molar-refractivity contribution in [2.24, 2.45) is 0 Å². The van der Waals surface area contributed by atoms with Crippen molar-refractivity contribution in [3.63, 3.8) is 0 Å². The first kappa shape index (κ1) is 13.7. The fourth-order valence-electron chi connectivity index (χ4n) is 1.87. The monoisotopic (exact) mass is 240 g/mol. The second-order valence-corrected chi connectivity index (χ2v) is 4.46. The maximum absolute atomic E-state index is 11.9. The molecule has 1 rings (SSSR count). The number of carboxylic acids is 1. The highest BCUT2D eigenvalue weighted by Gasteiger charge is 2.22. The van der Waals surface area contributed by atoms with Crippen LogP contribution in [0.4, 0.5) is 0 Å². The molecule has 2 N–H and O–H groups in total. The van der Waals surface area contributed by atoms with Gasteiger partial charge in [-0.3, -0.25) is 4.79 Å². The molecule has 1 heterocycles. The number of amides is 1. The Morgan fingerprint density at radius 2 is 2.00 bits per heavy atom. The summed E-state index contributed by atoms with van der Waals surface area (Å²) in [4.78, 5) is 24.2. The minimum Gasteiger partial charge on any atom is -0.478 e. The summed E-state index contributed by atoms with van der Waals surface area (Å²) in [7, 11) is 0. The minimum absolute atomic E-state index is 0.102. The summed E-state index contributed by atoms with van der Waals surface area (Å²) < 4.78 is 0. The van der Waals surface area contributed by atoms with Crippen molar-refractivity contribution >= 4 is 11.9 Å². The van der Waals surface area contributed by atoms with Crippen LogP contribution in [0.25, 0.3) is 0 Å². The molecule has 1 aliphatic heterocycles. The van der Waals surface area contributed by atoms with Crippen molar-refractivity contribution in [3.05, 3.63) is 11.6 Å². The Morgan fingerprint density at radius 1 is 1.41 bits per heavy atom. The number of carbonyl (C=O) groups excluding carboxylic acids is 1. The largest absolute Gasteiger partial charge is 0.478 e. The van der Waals surface area contributed by atoms with Gasteiger partial charge in [0.25, 0.3) is 0 Å². The second-order valence-electron chi connectivity index (χ2n) is 4.46. The molecule has 96 valence electrons. The lowest BCUT2D eigenvalue weighted by Gasteiger charge is -2.21. The Kier molecular flexibility index (Phi) is 5.15. The highest BCUT2D eigenvalue weighted by Crippen LogP contribution is 2.09. The number of hydrogen-bond acceptors (Lipinski definition) is 3. The van der Waals surface area contributed by atoms with Crippen molar-refractivity contribution in [2.45, 2.75) is 32.7 Å². The predicted octanol–water partition coefficient (Wildman–Crippen LogP) is 0.618. The van der Waals surface area contributed by atoms with E-state index in [1.807, 2.05) is 11.8 Å². The van der Waals surface area contributed by atoms with Gasteiger partial charge in [0.1, 0.15) is 0 Å². The van der Waals surface area contributed by atoms with Crippen LogP contribution < -0.4 is 5.32 Å². The summed E-state index contributed by atoms with van der Waals surface area (Å²) in [6, 6.07) is -0.259. The normalized spacial score (nSPS) is 18.2. The molecule has 1 aliphatic rings. The van der Waals surface area contributed by atoms with E-state index in [1.165, 1.54) is 0 Å². The van der Waals surface area contributed by atoms with Gasteiger partial charge in [0.2, 0.25) is 5.91 Å². The number of nitrogens with one attached hydrogen (secondary N) is 1. The van der Waals surface area contributed by atoms with Crippen molar-refractivity contribution in [1.29, 1.82) is 0 Å². The third kappa shape index (κ3) is 4.56. The maximum atomic E-state index is 11.9. The predicted molar refractivity (Wildman–Crippen MR) is 64.7 cm³/mol. The molecular formula is C12H20N2O3. The molecular weight excluding hydrogens is 220 g/mol. The minimum atomic E-state index is -0.956. The van der Waals surface area contributed by atoms with Crippen LogP contribution in [-0.4, -0.2) is 47.6 Å². The molecule has 0 aromatic heterocycles. The Morgan fingerprint density at radius 3 is 2.53 bits per heavy atom. The average Bonchev–Trinajstić information content (AvgIpc) is 2.77. The van der Waals surface area contributed by atoms with Gasteiger partial charge in [0.15, 0.2) is 0 Å². The van der Waals surface area contributed by atoms with Crippen LogP contribution in [0.1, 0.15) is 26.7 Å². The van der Waals surface area contributed by atoms with E-state index in [1.54, 1.807) is 6.92 Å². The van der Waals surface area contributed by atoms with Gasteiger partial charge >= 0.3 is 5.97 Å². The fourth-order valence-corrected chi connectivity index (χ4v) is 1.87. The molecule has 1 fully saturated rings. The van der Waals surface area contributed by atoms with E-state index in [4.69, 9.17) is 5.11 Å². The average molecular weight is 240 g/mol. The van der Waals surface area contributed by atoms with E-state index in [9.17, 15) is 9.59 Å². The van der Waals surface area contributed by atoms with Crippen LogP contribution in [0.2, 0.25) is 0 Å². The van der Waals surface area contributed by atoms with E-state index in [0.717, 1.165) is 32.0 Å². The van der Waals surface area contributed by atoms with Crippen LogP contribution in [0, 0.1) is 0 Å². The van der Waals surface area contributed by atoms with E-state index in [0.29, 0.717) is 12.1 Å². The molecule has 0 aliphatic carbocycles. The number of rotatable bonds is 5. The maximum Gasteiger partial charge on any atom is 0.328 e. The third-order valence-electron chi connectivity index (χ3n) is 2.85. The van der Waals surface area contributed by atoms with E-state index in [2.05, 4.69) is 5.32 Å². The summed E-state index contributed by atoms with van der Waals surface area (Å²) in [6.45, 7) is 5.65. The first-order chi connectivity index (χ1) is 8.00.